The van der Waals surface area contributed by atoms with Gasteiger partial charge in [0.15, 0.2) is 11.6 Å². The monoisotopic (exact) mass is 269 g/mol. The average Bonchev–Trinajstić information content (AvgIpc) is 2.35. The zero-order valence-electron chi connectivity index (χ0n) is 9.25. The summed E-state index contributed by atoms with van der Waals surface area (Å²) in [6.45, 7) is 0.130. The number of phenolic OH excluding ortho intramolecular Hbond substituents is 1. The minimum atomic E-state index is -0.877. The zero-order chi connectivity index (χ0) is 13.1. The van der Waals surface area contributed by atoms with E-state index in [4.69, 9.17) is 11.6 Å². The van der Waals surface area contributed by atoms with Crippen molar-refractivity contribution in [3.05, 3.63) is 58.6 Å². The van der Waals surface area contributed by atoms with Crippen molar-refractivity contribution in [2.45, 2.75) is 6.54 Å². The van der Waals surface area contributed by atoms with E-state index < -0.39 is 11.6 Å². The number of halogens is 3. The lowest BCUT2D eigenvalue weighted by atomic mass is 10.2. The minimum Gasteiger partial charge on any atom is -0.506 e. The molecule has 0 heterocycles. The lowest BCUT2D eigenvalue weighted by Gasteiger charge is -2.08. The van der Waals surface area contributed by atoms with Crippen molar-refractivity contribution < 1.29 is 13.9 Å². The molecule has 94 valence electrons. The van der Waals surface area contributed by atoms with Gasteiger partial charge in [-0.05, 0) is 24.3 Å². The van der Waals surface area contributed by atoms with Gasteiger partial charge in [0.25, 0.3) is 0 Å². The number of anilines is 1. The fraction of sp³-hybridized carbons (Fsp3) is 0.0769. The third kappa shape index (κ3) is 2.71. The molecule has 0 spiro atoms. The quantitative estimate of drug-likeness (QED) is 0.828. The lowest BCUT2D eigenvalue weighted by molar-refractivity contribution is 0.475. The van der Waals surface area contributed by atoms with E-state index >= 15 is 0 Å². The van der Waals surface area contributed by atoms with Gasteiger partial charge in [0.05, 0.1) is 5.02 Å². The predicted octanol–water partition coefficient (Wildman–Crippen LogP) is 3.94. The first-order valence-corrected chi connectivity index (χ1v) is 5.61. The maximum Gasteiger partial charge on any atom is 0.163 e. The van der Waals surface area contributed by atoms with Crippen LogP contribution in [0, 0.1) is 11.6 Å². The van der Waals surface area contributed by atoms with Gasteiger partial charge in [0.2, 0.25) is 0 Å². The number of aromatic hydroxyl groups is 1. The molecule has 0 aliphatic carbocycles. The second kappa shape index (κ2) is 5.23. The molecule has 0 aromatic heterocycles. The van der Waals surface area contributed by atoms with E-state index in [0.717, 1.165) is 6.07 Å². The Balaban J connectivity index is 2.11. The number of hydrogen-bond donors (Lipinski definition) is 2. The van der Waals surface area contributed by atoms with Crippen molar-refractivity contribution in [1.82, 2.24) is 0 Å². The molecule has 5 heteroatoms. The van der Waals surface area contributed by atoms with Crippen LogP contribution < -0.4 is 5.32 Å². The molecule has 0 radical (unpaired) electrons. The summed E-state index contributed by atoms with van der Waals surface area (Å²) in [4.78, 5) is 0. The summed E-state index contributed by atoms with van der Waals surface area (Å²) in [7, 11) is 0. The van der Waals surface area contributed by atoms with Gasteiger partial charge in [0.1, 0.15) is 5.75 Å². The van der Waals surface area contributed by atoms with E-state index in [9.17, 15) is 13.9 Å². The molecule has 0 saturated carbocycles. The smallest absolute Gasteiger partial charge is 0.163 e. The molecule has 0 atom stereocenters. The number of nitrogens with one attached hydrogen (secondary N) is 1. The summed E-state index contributed by atoms with van der Waals surface area (Å²) in [5, 5.41) is 12.3. The second-order valence-electron chi connectivity index (χ2n) is 3.73. The van der Waals surface area contributed by atoms with E-state index in [0.29, 0.717) is 5.69 Å². The molecule has 0 saturated heterocycles. The molecule has 2 N–H and O–H groups in total. The van der Waals surface area contributed by atoms with Crippen molar-refractivity contribution in [2.24, 2.45) is 0 Å². The van der Waals surface area contributed by atoms with Crippen molar-refractivity contribution in [3.8, 4) is 5.75 Å². The van der Waals surface area contributed by atoms with Crippen LogP contribution in [0.5, 0.6) is 5.75 Å². The zero-order valence-corrected chi connectivity index (χ0v) is 10.0. The first kappa shape index (κ1) is 12.6. The molecule has 0 aliphatic rings. The van der Waals surface area contributed by atoms with Crippen LogP contribution in [0.15, 0.2) is 36.4 Å². The molecule has 0 fully saturated rings. The van der Waals surface area contributed by atoms with E-state index in [-0.39, 0.29) is 22.9 Å². The first-order chi connectivity index (χ1) is 8.58. The highest BCUT2D eigenvalue weighted by molar-refractivity contribution is 6.32. The van der Waals surface area contributed by atoms with Crippen LogP contribution in [0.1, 0.15) is 5.56 Å². The summed E-state index contributed by atoms with van der Waals surface area (Å²) in [5.41, 5.74) is 0.834. The highest BCUT2D eigenvalue weighted by atomic mass is 35.5. The third-order valence-corrected chi connectivity index (χ3v) is 2.76. The summed E-state index contributed by atoms with van der Waals surface area (Å²) >= 11 is 5.73. The largest absolute Gasteiger partial charge is 0.506 e. The summed E-state index contributed by atoms with van der Waals surface area (Å²) in [6, 6.07) is 8.53. The standard InChI is InChI=1S/C13H10ClF2NO/c14-10-6-9(4-5-12(10)18)17-7-8-2-1-3-11(15)13(8)16/h1-6,17-18H,7H2. The summed E-state index contributed by atoms with van der Waals surface area (Å²) < 4.78 is 26.3. The Hall–Kier alpha value is -1.81. The van der Waals surface area contributed by atoms with Crippen LogP contribution in [0.2, 0.25) is 5.02 Å². The van der Waals surface area contributed by atoms with Gasteiger partial charge in [-0.2, -0.15) is 0 Å². The maximum atomic E-state index is 13.4. The van der Waals surface area contributed by atoms with Gasteiger partial charge < -0.3 is 10.4 Å². The molecular weight excluding hydrogens is 260 g/mol. The molecule has 2 rings (SSSR count). The molecule has 0 unspecified atom stereocenters. The van der Waals surface area contributed by atoms with Crippen LogP contribution >= 0.6 is 11.6 Å². The van der Waals surface area contributed by atoms with E-state index in [1.807, 2.05) is 0 Å². The Labute approximate surface area is 108 Å². The predicted molar refractivity (Wildman–Crippen MR) is 66.8 cm³/mol. The molecule has 2 nitrogen and oxygen atoms in total. The molecular formula is C13H10ClF2NO. The average molecular weight is 270 g/mol. The number of phenols is 1. The van der Waals surface area contributed by atoms with Crippen LogP contribution in [-0.2, 0) is 6.54 Å². The molecule has 2 aromatic carbocycles. The van der Waals surface area contributed by atoms with Gasteiger partial charge in [-0.1, -0.05) is 23.7 Å². The molecule has 0 bridgehead atoms. The Bertz CT molecular complexity index is 575. The lowest BCUT2D eigenvalue weighted by Crippen LogP contribution is -2.03. The van der Waals surface area contributed by atoms with Crippen molar-refractivity contribution >= 4 is 17.3 Å². The SMILES string of the molecule is Oc1ccc(NCc2cccc(F)c2F)cc1Cl. The first-order valence-electron chi connectivity index (χ1n) is 5.23. The van der Waals surface area contributed by atoms with E-state index in [2.05, 4.69) is 5.32 Å². The van der Waals surface area contributed by atoms with Crippen molar-refractivity contribution in [2.75, 3.05) is 5.32 Å². The van der Waals surface area contributed by atoms with Crippen molar-refractivity contribution in [1.29, 1.82) is 0 Å². The maximum absolute atomic E-state index is 13.4. The number of benzene rings is 2. The van der Waals surface area contributed by atoms with Crippen LogP contribution in [0.3, 0.4) is 0 Å². The van der Waals surface area contributed by atoms with Crippen LogP contribution in [0.25, 0.3) is 0 Å². The summed E-state index contributed by atoms with van der Waals surface area (Å²) in [5.74, 6) is -1.77. The van der Waals surface area contributed by atoms with Gasteiger partial charge >= 0.3 is 0 Å². The fourth-order valence-electron chi connectivity index (χ4n) is 1.50. The van der Waals surface area contributed by atoms with E-state index in [1.165, 1.54) is 24.3 Å². The number of rotatable bonds is 3. The normalized spacial score (nSPS) is 10.4. The van der Waals surface area contributed by atoms with Gasteiger partial charge in [-0.25, -0.2) is 8.78 Å². The highest BCUT2D eigenvalue weighted by Crippen LogP contribution is 2.26. The third-order valence-electron chi connectivity index (χ3n) is 2.46. The Morgan fingerprint density at radius 1 is 1.17 bits per heavy atom. The Kier molecular flexibility index (Phi) is 3.67. The minimum absolute atomic E-state index is 0.0286. The Morgan fingerprint density at radius 3 is 2.67 bits per heavy atom. The second-order valence-corrected chi connectivity index (χ2v) is 4.14. The molecule has 2 aromatic rings. The van der Waals surface area contributed by atoms with Gasteiger partial charge in [-0.15, -0.1) is 0 Å². The van der Waals surface area contributed by atoms with Gasteiger partial charge in [-0.3, -0.25) is 0 Å². The fourth-order valence-corrected chi connectivity index (χ4v) is 1.68. The van der Waals surface area contributed by atoms with Crippen LogP contribution in [-0.4, -0.2) is 5.11 Å². The van der Waals surface area contributed by atoms with E-state index in [1.54, 1.807) is 6.07 Å². The van der Waals surface area contributed by atoms with Crippen molar-refractivity contribution in [3.63, 3.8) is 0 Å². The van der Waals surface area contributed by atoms with Crippen LogP contribution in [0.4, 0.5) is 14.5 Å². The highest BCUT2D eigenvalue weighted by Gasteiger charge is 2.07. The molecule has 0 amide bonds. The topological polar surface area (TPSA) is 32.3 Å². The Morgan fingerprint density at radius 2 is 1.94 bits per heavy atom. The number of hydrogen-bond acceptors (Lipinski definition) is 2. The summed E-state index contributed by atoms with van der Waals surface area (Å²) in [6.07, 6.45) is 0. The molecule has 0 aliphatic heterocycles. The van der Waals surface area contributed by atoms with Gasteiger partial charge in [0, 0.05) is 17.8 Å². The molecule has 18 heavy (non-hydrogen) atoms.